The van der Waals surface area contributed by atoms with Gasteiger partial charge in [0.2, 0.25) is 0 Å². The van der Waals surface area contributed by atoms with Crippen LogP contribution in [0.4, 0.5) is 5.69 Å². The molecule has 0 heterocycles. The summed E-state index contributed by atoms with van der Waals surface area (Å²) in [6.45, 7) is 4.66. The van der Waals surface area contributed by atoms with Crippen molar-refractivity contribution in [1.82, 2.24) is 0 Å². The first-order chi connectivity index (χ1) is 12.0. The van der Waals surface area contributed by atoms with E-state index in [9.17, 15) is 4.79 Å². The highest BCUT2D eigenvalue weighted by Gasteiger charge is 2.15. The molecule has 25 heavy (non-hydrogen) atoms. The third-order valence-electron chi connectivity index (χ3n) is 3.96. The van der Waals surface area contributed by atoms with Crippen molar-refractivity contribution >= 4 is 39.1 Å². The molecule has 0 aliphatic heterocycles. The number of hydrogen-bond donors (Lipinski definition) is 1. The second-order valence-corrected chi connectivity index (χ2v) is 7.24. The maximum absolute atomic E-state index is 12.7. The van der Waals surface area contributed by atoms with Crippen LogP contribution in [-0.4, -0.2) is 12.5 Å². The van der Waals surface area contributed by atoms with Gasteiger partial charge in [-0.05, 0) is 49.2 Å². The van der Waals surface area contributed by atoms with Crippen molar-refractivity contribution in [3.05, 3.63) is 57.0 Å². The summed E-state index contributed by atoms with van der Waals surface area (Å²) < 4.78 is 6.68. The largest absolute Gasteiger partial charge is 0.493 e. The van der Waals surface area contributed by atoms with Crippen molar-refractivity contribution in [2.75, 3.05) is 11.9 Å². The van der Waals surface area contributed by atoms with E-state index in [-0.39, 0.29) is 5.91 Å². The summed E-state index contributed by atoms with van der Waals surface area (Å²) in [5.41, 5.74) is 2.05. The fraction of sp³-hybridized carbons (Fsp3) is 0.350. The SMILES string of the molecule is CCCCCCOc1ccc(Br)cc1C(=O)Nc1cccc(Cl)c1C. The first-order valence-electron chi connectivity index (χ1n) is 8.51. The van der Waals surface area contributed by atoms with Gasteiger partial charge < -0.3 is 10.1 Å². The van der Waals surface area contributed by atoms with Gasteiger partial charge in [0.15, 0.2) is 0 Å². The first kappa shape index (κ1) is 19.8. The van der Waals surface area contributed by atoms with Crippen molar-refractivity contribution in [1.29, 1.82) is 0 Å². The molecule has 0 atom stereocenters. The molecule has 0 saturated carbocycles. The van der Waals surface area contributed by atoms with Crippen LogP contribution in [0.2, 0.25) is 5.02 Å². The Balaban J connectivity index is 2.12. The number of benzene rings is 2. The first-order valence-corrected chi connectivity index (χ1v) is 9.69. The predicted molar refractivity (Wildman–Crippen MR) is 108 cm³/mol. The number of anilines is 1. The molecule has 134 valence electrons. The number of unbranched alkanes of at least 4 members (excludes halogenated alkanes) is 3. The van der Waals surface area contributed by atoms with Crippen molar-refractivity contribution in [3.63, 3.8) is 0 Å². The Morgan fingerprint density at radius 3 is 2.76 bits per heavy atom. The molecule has 2 aromatic carbocycles. The van der Waals surface area contributed by atoms with Crippen LogP contribution in [0.3, 0.4) is 0 Å². The number of rotatable bonds is 8. The number of carbonyl (C=O) groups excluding carboxylic acids is 1. The molecule has 0 aliphatic rings. The predicted octanol–water partition coefficient (Wildman–Crippen LogP) is 6.62. The molecule has 0 unspecified atom stereocenters. The summed E-state index contributed by atoms with van der Waals surface area (Å²) in [4.78, 5) is 12.7. The molecular weight excluding hydrogens is 402 g/mol. The van der Waals surface area contributed by atoms with Crippen LogP contribution in [0.1, 0.15) is 48.5 Å². The number of halogens is 2. The van der Waals surface area contributed by atoms with Gasteiger partial charge in [0, 0.05) is 15.2 Å². The van der Waals surface area contributed by atoms with E-state index in [4.69, 9.17) is 16.3 Å². The van der Waals surface area contributed by atoms with E-state index in [1.165, 1.54) is 12.8 Å². The molecule has 0 saturated heterocycles. The lowest BCUT2D eigenvalue weighted by Gasteiger charge is -2.14. The van der Waals surface area contributed by atoms with Gasteiger partial charge in [-0.25, -0.2) is 0 Å². The summed E-state index contributed by atoms with van der Waals surface area (Å²) in [7, 11) is 0. The molecule has 0 spiro atoms. The van der Waals surface area contributed by atoms with Gasteiger partial charge in [0.1, 0.15) is 5.75 Å². The average molecular weight is 425 g/mol. The highest BCUT2D eigenvalue weighted by atomic mass is 79.9. The quantitative estimate of drug-likeness (QED) is 0.483. The van der Waals surface area contributed by atoms with Crippen molar-refractivity contribution in [2.45, 2.75) is 39.5 Å². The van der Waals surface area contributed by atoms with Gasteiger partial charge in [-0.15, -0.1) is 0 Å². The number of carbonyl (C=O) groups is 1. The number of amides is 1. The van der Waals surface area contributed by atoms with E-state index in [2.05, 4.69) is 28.2 Å². The van der Waals surface area contributed by atoms with Crippen LogP contribution in [0.15, 0.2) is 40.9 Å². The molecular formula is C20H23BrClNO2. The Kier molecular flexibility index (Phi) is 7.79. The van der Waals surface area contributed by atoms with Crippen LogP contribution in [-0.2, 0) is 0 Å². The van der Waals surface area contributed by atoms with Crippen LogP contribution >= 0.6 is 27.5 Å². The van der Waals surface area contributed by atoms with Crippen LogP contribution in [0.5, 0.6) is 5.75 Å². The van der Waals surface area contributed by atoms with Crippen molar-refractivity contribution in [2.24, 2.45) is 0 Å². The second-order valence-electron chi connectivity index (χ2n) is 5.92. The number of ether oxygens (including phenoxy) is 1. The van der Waals surface area contributed by atoms with E-state index in [1.54, 1.807) is 12.1 Å². The lowest BCUT2D eigenvalue weighted by Crippen LogP contribution is -2.15. The van der Waals surface area contributed by atoms with Gasteiger partial charge in [-0.3, -0.25) is 4.79 Å². The Labute approximate surface area is 162 Å². The molecule has 0 aromatic heterocycles. The molecule has 0 aliphatic carbocycles. The summed E-state index contributed by atoms with van der Waals surface area (Å²) in [5, 5.41) is 3.55. The van der Waals surface area contributed by atoms with E-state index < -0.39 is 0 Å². The molecule has 0 bridgehead atoms. The van der Waals surface area contributed by atoms with Crippen LogP contribution < -0.4 is 10.1 Å². The second kappa shape index (κ2) is 9.83. The number of hydrogen-bond acceptors (Lipinski definition) is 2. The number of nitrogens with one attached hydrogen (secondary N) is 1. The zero-order valence-electron chi connectivity index (χ0n) is 14.6. The van der Waals surface area contributed by atoms with Gasteiger partial charge >= 0.3 is 0 Å². The molecule has 1 amide bonds. The van der Waals surface area contributed by atoms with Gasteiger partial charge in [-0.1, -0.05) is 59.8 Å². The molecule has 5 heteroatoms. The molecule has 0 fully saturated rings. The average Bonchev–Trinajstić information content (AvgIpc) is 2.59. The van der Waals surface area contributed by atoms with E-state index in [0.717, 1.165) is 22.9 Å². The molecule has 0 radical (unpaired) electrons. The minimum Gasteiger partial charge on any atom is -0.493 e. The molecule has 3 nitrogen and oxygen atoms in total. The molecule has 2 aromatic rings. The Hall–Kier alpha value is -1.52. The fourth-order valence-corrected chi connectivity index (χ4v) is 2.98. The van der Waals surface area contributed by atoms with E-state index in [0.29, 0.717) is 28.6 Å². The lowest BCUT2D eigenvalue weighted by molar-refractivity contribution is 0.102. The van der Waals surface area contributed by atoms with E-state index >= 15 is 0 Å². The fourth-order valence-electron chi connectivity index (χ4n) is 2.45. The zero-order valence-corrected chi connectivity index (χ0v) is 16.9. The standard InChI is InChI=1S/C20H23BrClNO2/c1-3-4-5-6-12-25-19-11-10-15(21)13-16(19)20(24)23-18-9-7-8-17(22)14(18)2/h7-11,13H,3-6,12H2,1-2H3,(H,23,24). The maximum Gasteiger partial charge on any atom is 0.259 e. The molecule has 1 N–H and O–H groups in total. The highest BCUT2D eigenvalue weighted by molar-refractivity contribution is 9.10. The third kappa shape index (κ3) is 5.75. The highest BCUT2D eigenvalue weighted by Crippen LogP contribution is 2.27. The molecule has 2 rings (SSSR count). The van der Waals surface area contributed by atoms with Crippen LogP contribution in [0.25, 0.3) is 0 Å². The van der Waals surface area contributed by atoms with Crippen molar-refractivity contribution < 1.29 is 9.53 Å². The minimum atomic E-state index is -0.213. The van der Waals surface area contributed by atoms with Crippen molar-refractivity contribution in [3.8, 4) is 5.75 Å². The third-order valence-corrected chi connectivity index (χ3v) is 4.86. The minimum absolute atomic E-state index is 0.213. The summed E-state index contributed by atoms with van der Waals surface area (Å²) >= 11 is 9.55. The topological polar surface area (TPSA) is 38.3 Å². The monoisotopic (exact) mass is 423 g/mol. The van der Waals surface area contributed by atoms with Gasteiger partial charge in [0.05, 0.1) is 12.2 Å². The summed E-state index contributed by atoms with van der Waals surface area (Å²) in [6, 6.07) is 10.9. The van der Waals surface area contributed by atoms with Gasteiger partial charge in [-0.2, -0.15) is 0 Å². The Morgan fingerprint density at radius 2 is 2.00 bits per heavy atom. The smallest absolute Gasteiger partial charge is 0.259 e. The Morgan fingerprint density at radius 1 is 1.20 bits per heavy atom. The summed E-state index contributed by atoms with van der Waals surface area (Å²) in [6.07, 6.45) is 4.50. The lowest BCUT2D eigenvalue weighted by atomic mass is 10.1. The van der Waals surface area contributed by atoms with Crippen LogP contribution in [0, 0.1) is 6.92 Å². The van der Waals surface area contributed by atoms with E-state index in [1.807, 2.05) is 31.2 Å². The zero-order chi connectivity index (χ0) is 18.2. The normalized spacial score (nSPS) is 10.6. The Bertz CT molecular complexity index is 734. The maximum atomic E-state index is 12.7. The summed E-state index contributed by atoms with van der Waals surface area (Å²) in [5.74, 6) is 0.382. The van der Waals surface area contributed by atoms with Gasteiger partial charge in [0.25, 0.3) is 5.91 Å².